The first-order chi connectivity index (χ1) is 13.3. The van der Waals surface area contributed by atoms with Crippen LogP contribution in [-0.2, 0) is 0 Å². The summed E-state index contributed by atoms with van der Waals surface area (Å²) >= 11 is 0. The standard InChI is InChI=1S/C22H38N4O2/c1-7-9-25-15(3)11-23(12-16(25)4)19-20(22(28)21(19)27)24-13-17(5)26(10-8-2)18(6)14-24/h15-18H,7-14H2,1-6H3. The second-order valence-electron chi connectivity index (χ2n) is 9.04. The molecule has 6 heteroatoms. The number of nitrogens with zero attached hydrogens (tertiary/aromatic N) is 4. The third kappa shape index (κ3) is 3.73. The molecule has 1 aromatic carbocycles. The molecule has 158 valence electrons. The van der Waals surface area contributed by atoms with Crippen LogP contribution < -0.4 is 20.7 Å². The van der Waals surface area contributed by atoms with Gasteiger partial charge in [-0.1, -0.05) is 13.8 Å². The zero-order valence-electron chi connectivity index (χ0n) is 18.6. The van der Waals surface area contributed by atoms with Gasteiger partial charge in [0.1, 0.15) is 11.4 Å². The maximum atomic E-state index is 12.6. The van der Waals surface area contributed by atoms with Crippen molar-refractivity contribution in [1.29, 1.82) is 0 Å². The Kier molecular flexibility index (Phi) is 6.50. The molecule has 1 aromatic rings. The molecule has 0 bridgehead atoms. The lowest BCUT2D eigenvalue weighted by molar-refractivity contribution is 0.129. The highest BCUT2D eigenvalue weighted by molar-refractivity contribution is 5.77. The van der Waals surface area contributed by atoms with E-state index >= 15 is 0 Å². The summed E-state index contributed by atoms with van der Waals surface area (Å²) in [7, 11) is 0. The molecule has 2 aliphatic heterocycles. The number of piperazine rings is 2. The van der Waals surface area contributed by atoms with Gasteiger partial charge in [0.15, 0.2) is 0 Å². The second kappa shape index (κ2) is 8.54. The van der Waals surface area contributed by atoms with Crippen molar-refractivity contribution in [2.75, 3.05) is 49.1 Å². The summed E-state index contributed by atoms with van der Waals surface area (Å²) in [5.41, 5.74) is 0.802. The monoisotopic (exact) mass is 390 g/mol. The molecule has 0 amide bonds. The molecule has 2 aliphatic rings. The highest BCUT2D eigenvalue weighted by Gasteiger charge is 2.38. The van der Waals surface area contributed by atoms with Crippen molar-refractivity contribution in [2.45, 2.75) is 78.6 Å². The Balaban J connectivity index is 1.81. The lowest BCUT2D eigenvalue weighted by atomic mass is 10.0. The Hall–Kier alpha value is -1.40. The predicted octanol–water partition coefficient (Wildman–Crippen LogP) is 1.90. The molecule has 3 rings (SSSR count). The van der Waals surface area contributed by atoms with Crippen molar-refractivity contribution in [3.05, 3.63) is 20.4 Å². The number of hydrogen-bond acceptors (Lipinski definition) is 6. The van der Waals surface area contributed by atoms with Gasteiger partial charge in [-0.3, -0.25) is 19.4 Å². The molecule has 0 radical (unpaired) electrons. The fourth-order valence-electron chi connectivity index (χ4n) is 5.43. The molecule has 0 aliphatic carbocycles. The van der Waals surface area contributed by atoms with Gasteiger partial charge >= 0.3 is 0 Å². The van der Waals surface area contributed by atoms with E-state index in [1.165, 1.54) is 0 Å². The first kappa shape index (κ1) is 21.3. The van der Waals surface area contributed by atoms with Crippen LogP contribution in [0.3, 0.4) is 0 Å². The van der Waals surface area contributed by atoms with Gasteiger partial charge < -0.3 is 9.80 Å². The van der Waals surface area contributed by atoms with Gasteiger partial charge in [0.25, 0.3) is 10.9 Å². The topological polar surface area (TPSA) is 47.1 Å². The highest BCUT2D eigenvalue weighted by atomic mass is 16.2. The summed E-state index contributed by atoms with van der Waals surface area (Å²) in [6, 6.07) is 1.56. The fourth-order valence-corrected chi connectivity index (χ4v) is 5.43. The van der Waals surface area contributed by atoms with Crippen molar-refractivity contribution in [2.24, 2.45) is 0 Å². The van der Waals surface area contributed by atoms with Crippen LogP contribution in [0, 0.1) is 0 Å². The van der Waals surface area contributed by atoms with Crippen LogP contribution in [0.15, 0.2) is 9.59 Å². The van der Waals surface area contributed by atoms with Crippen LogP contribution >= 0.6 is 0 Å². The molecular formula is C22H38N4O2. The van der Waals surface area contributed by atoms with Gasteiger partial charge in [0, 0.05) is 50.3 Å². The molecule has 0 saturated carbocycles. The van der Waals surface area contributed by atoms with Gasteiger partial charge in [-0.05, 0) is 53.6 Å². The van der Waals surface area contributed by atoms with Crippen molar-refractivity contribution >= 4 is 11.4 Å². The van der Waals surface area contributed by atoms with Crippen molar-refractivity contribution in [1.82, 2.24) is 9.80 Å². The van der Waals surface area contributed by atoms with Gasteiger partial charge in [0.05, 0.1) is 0 Å². The molecule has 2 saturated heterocycles. The van der Waals surface area contributed by atoms with E-state index in [-0.39, 0.29) is 10.9 Å². The molecule has 0 spiro atoms. The second-order valence-corrected chi connectivity index (χ2v) is 9.04. The van der Waals surface area contributed by atoms with Crippen molar-refractivity contribution in [3.63, 3.8) is 0 Å². The van der Waals surface area contributed by atoms with Crippen LogP contribution in [0.4, 0.5) is 11.4 Å². The molecule has 0 N–H and O–H groups in total. The zero-order valence-corrected chi connectivity index (χ0v) is 18.6. The quantitative estimate of drug-likeness (QED) is 0.692. The van der Waals surface area contributed by atoms with E-state index < -0.39 is 0 Å². The summed E-state index contributed by atoms with van der Waals surface area (Å²) < 4.78 is 0. The van der Waals surface area contributed by atoms with E-state index in [0.717, 1.165) is 52.1 Å². The predicted molar refractivity (Wildman–Crippen MR) is 118 cm³/mol. The minimum Gasteiger partial charge on any atom is -0.363 e. The maximum Gasteiger partial charge on any atom is 0.253 e. The average molecular weight is 391 g/mol. The summed E-state index contributed by atoms with van der Waals surface area (Å²) in [6.45, 7) is 18.8. The number of anilines is 2. The molecule has 4 unspecified atom stereocenters. The van der Waals surface area contributed by atoms with Crippen LogP contribution in [0.5, 0.6) is 0 Å². The summed E-state index contributed by atoms with van der Waals surface area (Å²) in [4.78, 5) is 34.6. The van der Waals surface area contributed by atoms with Crippen LogP contribution in [0.1, 0.15) is 54.4 Å². The molecule has 0 aromatic heterocycles. The van der Waals surface area contributed by atoms with E-state index in [4.69, 9.17) is 0 Å². The lowest BCUT2D eigenvalue weighted by Gasteiger charge is -2.48. The minimum atomic E-state index is -0.283. The number of hydrogen-bond donors (Lipinski definition) is 0. The highest BCUT2D eigenvalue weighted by Crippen LogP contribution is 2.31. The van der Waals surface area contributed by atoms with E-state index in [1.54, 1.807) is 0 Å². The molecule has 28 heavy (non-hydrogen) atoms. The first-order valence-electron chi connectivity index (χ1n) is 11.1. The Labute approximate surface area is 169 Å². The minimum absolute atomic E-state index is 0.283. The largest absolute Gasteiger partial charge is 0.363 e. The van der Waals surface area contributed by atoms with Gasteiger partial charge in [0.2, 0.25) is 0 Å². The van der Waals surface area contributed by atoms with E-state index in [2.05, 4.69) is 61.1 Å². The van der Waals surface area contributed by atoms with Gasteiger partial charge in [-0.25, -0.2) is 0 Å². The van der Waals surface area contributed by atoms with Crippen molar-refractivity contribution in [3.8, 4) is 0 Å². The summed E-state index contributed by atoms with van der Waals surface area (Å²) in [6.07, 6.45) is 2.27. The third-order valence-corrected chi connectivity index (χ3v) is 6.66. The smallest absolute Gasteiger partial charge is 0.253 e. The lowest BCUT2D eigenvalue weighted by Crippen LogP contribution is -2.62. The summed E-state index contributed by atoms with van der Waals surface area (Å²) in [5.74, 6) is 0. The number of rotatable bonds is 6. The summed E-state index contributed by atoms with van der Waals surface area (Å²) in [5, 5.41) is 0. The Bertz CT molecular complexity index is 656. The molecular weight excluding hydrogens is 352 g/mol. The Morgan fingerprint density at radius 1 is 0.643 bits per heavy atom. The van der Waals surface area contributed by atoms with Crippen LogP contribution in [0.25, 0.3) is 0 Å². The van der Waals surface area contributed by atoms with Crippen LogP contribution in [0.2, 0.25) is 0 Å². The van der Waals surface area contributed by atoms with Crippen molar-refractivity contribution < 1.29 is 0 Å². The van der Waals surface area contributed by atoms with Crippen LogP contribution in [-0.4, -0.2) is 73.2 Å². The maximum absolute atomic E-state index is 12.6. The first-order valence-corrected chi connectivity index (χ1v) is 11.1. The van der Waals surface area contributed by atoms with E-state index in [1.807, 2.05) is 0 Å². The molecule has 4 atom stereocenters. The van der Waals surface area contributed by atoms with E-state index in [0.29, 0.717) is 35.5 Å². The molecule has 2 fully saturated rings. The van der Waals surface area contributed by atoms with Gasteiger partial charge in [-0.2, -0.15) is 0 Å². The van der Waals surface area contributed by atoms with E-state index in [9.17, 15) is 9.59 Å². The molecule has 6 nitrogen and oxygen atoms in total. The average Bonchev–Trinajstić information content (AvgIpc) is 2.64. The fraction of sp³-hybridized carbons (Fsp3) is 0.818. The van der Waals surface area contributed by atoms with Gasteiger partial charge in [-0.15, -0.1) is 0 Å². The molecule has 2 heterocycles. The zero-order chi connectivity index (χ0) is 20.6. The third-order valence-electron chi connectivity index (χ3n) is 6.66. The normalized spacial score (nSPS) is 30.4. The Morgan fingerprint density at radius 3 is 1.18 bits per heavy atom. The Morgan fingerprint density at radius 2 is 0.929 bits per heavy atom. The SMILES string of the molecule is CCCN1C(C)CN(c2c(N3CC(C)N(CCC)C(C)C3)c(=O)c2=O)CC1C.